The number of nitro groups is 1. The molecule has 2 aromatic rings. The van der Waals surface area contributed by atoms with Crippen molar-refractivity contribution in [1.82, 2.24) is 9.97 Å². The minimum absolute atomic E-state index is 0.0768. The van der Waals surface area contributed by atoms with E-state index in [0.717, 1.165) is 0 Å². The number of aromatic nitrogens is 2. The molecule has 0 saturated carbocycles. The fourth-order valence-corrected chi connectivity index (χ4v) is 2.10. The van der Waals surface area contributed by atoms with E-state index in [1.54, 1.807) is 0 Å². The van der Waals surface area contributed by atoms with Crippen molar-refractivity contribution in [3.05, 3.63) is 51.8 Å². The van der Waals surface area contributed by atoms with Crippen molar-refractivity contribution in [2.45, 2.75) is 38.7 Å². The Kier molecular flexibility index (Phi) is 5.00. The maximum absolute atomic E-state index is 10.5. The largest absolute Gasteiger partial charge is 0.491 e. The summed E-state index contributed by atoms with van der Waals surface area (Å²) in [5.74, 6) is 0.346. The lowest BCUT2D eigenvalue weighted by Gasteiger charge is -2.19. The first-order valence-electron chi connectivity index (χ1n) is 7.35. The summed E-state index contributed by atoms with van der Waals surface area (Å²) in [4.78, 5) is 16.1. The van der Waals surface area contributed by atoms with E-state index in [9.17, 15) is 15.2 Å². The van der Waals surface area contributed by atoms with E-state index in [1.165, 1.54) is 11.8 Å². The van der Waals surface area contributed by atoms with Crippen LogP contribution in [0.3, 0.4) is 0 Å². The molecule has 7 heteroatoms. The molecule has 1 heterocycles. The van der Waals surface area contributed by atoms with Crippen LogP contribution in [-0.4, -0.2) is 32.7 Å². The second-order valence-electron chi connectivity index (χ2n) is 6.43. The number of nitrogens with zero attached hydrogens (tertiary/aromatic N) is 2. The zero-order valence-electron chi connectivity index (χ0n) is 13.4. The van der Waals surface area contributed by atoms with Gasteiger partial charge >= 0.3 is 5.95 Å². The summed E-state index contributed by atoms with van der Waals surface area (Å²) in [5, 5.41) is 20.5. The normalized spacial score (nSPS) is 12.9. The van der Waals surface area contributed by atoms with E-state index < -0.39 is 11.0 Å². The minimum Gasteiger partial charge on any atom is -0.491 e. The first-order chi connectivity index (χ1) is 10.8. The monoisotopic (exact) mass is 319 g/mol. The van der Waals surface area contributed by atoms with Crippen LogP contribution in [0, 0.1) is 10.1 Å². The van der Waals surface area contributed by atoms with Gasteiger partial charge in [0.2, 0.25) is 0 Å². The van der Waals surface area contributed by atoms with Crippen LogP contribution in [0.5, 0.6) is 5.75 Å². The number of hydrogen-bond acceptors (Lipinski definition) is 5. The average molecular weight is 319 g/mol. The number of hydrogen-bond donors (Lipinski definition) is 2. The van der Waals surface area contributed by atoms with Crippen molar-refractivity contribution in [3.63, 3.8) is 0 Å². The molecule has 2 rings (SSSR count). The number of ether oxygens (including phenoxy) is 1. The molecule has 1 aromatic carbocycles. The quantitative estimate of drug-likeness (QED) is 0.629. The van der Waals surface area contributed by atoms with Gasteiger partial charge in [0.1, 0.15) is 24.2 Å². The summed E-state index contributed by atoms with van der Waals surface area (Å²) >= 11 is 0. The zero-order chi connectivity index (χ0) is 17.0. The van der Waals surface area contributed by atoms with E-state index in [0.29, 0.717) is 11.4 Å². The van der Waals surface area contributed by atoms with Crippen molar-refractivity contribution >= 4 is 5.95 Å². The first-order valence-corrected chi connectivity index (χ1v) is 7.35. The SMILES string of the molecule is CC(C)(C)c1ccc(OCC(O)Cc2cnc([N+](=O)[O-])[nH]2)cc1. The number of rotatable bonds is 6. The highest BCUT2D eigenvalue weighted by Crippen LogP contribution is 2.24. The van der Waals surface area contributed by atoms with Crippen molar-refractivity contribution in [1.29, 1.82) is 0 Å². The van der Waals surface area contributed by atoms with E-state index in [-0.39, 0.29) is 24.4 Å². The van der Waals surface area contributed by atoms with Crippen molar-refractivity contribution in [2.24, 2.45) is 0 Å². The van der Waals surface area contributed by atoms with Gasteiger partial charge in [0, 0.05) is 6.42 Å². The summed E-state index contributed by atoms with van der Waals surface area (Å²) in [6.45, 7) is 6.50. The maximum Gasteiger partial charge on any atom is 0.432 e. The molecule has 0 amide bonds. The van der Waals surface area contributed by atoms with Crippen LogP contribution in [-0.2, 0) is 11.8 Å². The smallest absolute Gasteiger partial charge is 0.432 e. The molecule has 7 nitrogen and oxygen atoms in total. The number of aromatic amines is 1. The van der Waals surface area contributed by atoms with Gasteiger partial charge in [-0.05, 0) is 28.0 Å². The third kappa shape index (κ3) is 4.79. The Morgan fingerprint density at radius 2 is 2.00 bits per heavy atom. The van der Waals surface area contributed by atoms with Crippen molar-refractivity contribution in [3.8, 4) is 5.75 Å². The summed E-state index contributed by atoms with van der Waals surface area (Å²) in [6, 6.07) is 7.74. The second-order valence-corrected chi connectivity index (χ2v) is 6.43. The number of H-pyrrole nitrogens is 1. The van der Waals surface area contributed by atoms with Gasteiger partial charge in [-0.1, -0.05) is 37.9 Å². The lowest BCUT2D eigenvalue weighted by Crippen LogP contribution is -2.20. The fourth-order valence-electron chi connectivity index (χ4n) is 2.10. The molecule has 124 valence electrons. The molecule has 1 atom stereocenters. The minimum atomic E-state index is -0.780. The Morgan fingerprint density at radius 1 is 1.35 bits per heavy atom. The Balaban J connectivity index is 1.86. The topological polar surface area (TPSA) is 101 Å². The molecular weight excluding hydrogens is 298 g/mol. The number of aliphatic hydroxyl groups is 1. The van der Waals surface area contributed by atoms with Crippen LogP contribution in [0.15, 0.2) is 30.5 Å². The summed E-state index contributed by atoms with van der Waals surface area (Å²) < 4.78 is 5.54. The Hall–Kier alpha value is -2.41. The molecule has 23 heavy (non-hydrogen) atoms. The summed E-state index contributed by atoms with van der Waals surface area (Å²) in [7, 11) is 0. The molecule has 1 unspecified atom stereocenters. The van der Waals surface area contributed by atoms with Gasteiger partial charge in [-0.25, -0.2) is 4.98 Å². The molecule has 0 saturated heterocycles. The second kappa shape index (κ2) is 6.78. The van der Waals surface area contributed by atoms with Gasteiger partial charge in [0.05, 0.1) is 6.10 Å². The van der Waals surface area contributed by atoms with Gasteiger partial charge in [-0.2, -0.15) is 0 Å². The van der Waals surface area contributed by atoms with Crippen molar-refractivity contribution in [2.75, 3.05) is 6.61 Å². The molecule has 0 aliphatic rings. The van der Waals surface area contributed by atoms with Crippen LogP contribution in [0.25, 0.3) is 0 Å². The van der Waals surface area contributed by atoms with Crippen molar-refractivity contribution < 1.29 is 14.8 Å². The number of nitrogens with one attached hydrogen (secondary N) is 1. The van der Waals surface area contributed by atoms with Gasteiger partial charge < -0.3 is 20.0 Å². The van der Waals surface area contributed by atoms with Crippen LogP contribution in [0.4, 0.5) is 5.95 Å². The van der Waals surface area contributed by atoms with Crippen LogP contribution in [0.2, 0.25) is 0 Å². The predicted octanol–water partition coefficient (Wildman–Crippen LogP) is 2.60. The maximum atomic E-state index is 10.5. The zero-order valence-corrected chi connectivity index (χ0v) is 13.4. The van der Waals surface area contributed by atoms with E-state index in [4.69, 9.17) is 4.74 Å². The van der Waals surface area contributed by atoms with Gasteiger partial charge in [0.25, 0.3) is 0 Å². The molecular formula is C16H21N3O4. The van der Waals surface area contributed by atoms with Crippen LogP contribution in [0.1, 0.15) is 32.0 Å². The fraction of sp³-hybridized carbons (Fsp3) is 0.438. The molecule has 0 aliphatic heterocycles. The summed E-state index contributed by atoms with van der Waals surface area (Å²) in [5.41, 5.74) is 1.78. The summed E-state index contributed by atoms with van der Waals surface area (Å²) in [6.07, 6.45) is 0.776. The Bertz CT molecular complexity index is 659. The highest BCUT2D eigenvalue weighted by molar-refractivity contribution is 5.31. The molecule has 0 spiro atoms. The van der Waals surface area contributed by atoms with E-state index in [2.05, 4.69) is 30.7 Å². The lowest BCUT2D eigenvalue weighted by molar-refractivity contribution is -0.393. The van der Waals surface area contributed by atoms with Gasteiger partial charge in [0.15, 0.2) is 0 Å². The highest BCUT2D eigenvalue weighted by atomic mass is 16.6. The average Bonchev–Trinajstić information content (AvgIpc) is 2.93. The number of benzene rings is 1. The third-order valence-electron chi connectivity index (χ3n) is 3.41. The Morgan fingerprint density at radius 3 is 2.52 bits per heavy atom. The number of aliphatic hydroxyl groups excluding tert-OH is 1. The van der Waals surface area contributed by atoms with E-state index >= 15 is 0 Å². The van der Waals surface area contributed by atoms with Crippen LogP contribution < -0.4 is 4.74 Å². The molecule has 0 aliphatic carbocycles. The first kappa shape index (κ1) is 17.0. The van der Waals surface area contributed by atoms with Gasteiger partial charge in [-0.3, -0.25) is 0 Å². The molecule has 0 bridgehead atoms. The Labute approximate surface area is 134 Å². The molecule has 0 fully saturated rings. The third-order valence-corrected chi connectivity index (χ3v) is 3.41. The molecule has 2 N–H and O–H groups in total. The molecule has 1 aromatic heterocycles. The molecule has 0 radical (unpaired) electrons. The highest BCUT2D eigenvalue weighted by Gasteiger charge is 2.16. The predicted molar refractivity (Wildman–Crippen MR) is 85.6 cm³/mol. The standard InChI is InChI=1S/C16H21N3O4/c1-16(2,3)11-4-6-14(7-5-11)23-10-13(20)8-12-9-17-15(18-12)19(21)22/h4-7,9,13,20H,8,10H2,1-3H3,(H,17,18). The number of imidazole rings is 1. The van der Waals surface area contributed by atoms with Crippen LogP contribution >= 0.6 is 0 Å². The van der Waals surface area contributed by atoms with E-state index in [1.807, 2.05) is 24.3 Å². The van der Waals surface area contributed by atoms with Gasteiger partial charge in [-0.15, -0.1) is 0 Å². The lowest BCUT2D eigenvalue weighted by atomic mass is 9.87.